The van der Waals surface area contributed by atoms with Gasteiger partial charge in [-0.3, -0.25) is 9.69 Å². The van der Waals surface area contributed by atoms with E-state index in [1.54, 1.807) is 4.90 Å². The van der Waals surface area contributed by atoms with E-state index in [2.05, 4.69) is 34.3 Å². The lowest BCUT2D eigenvalue weighted by Gasteiger charge is -2.44. The van der Waals surface area contributed by atoms with Crippen molar-refractivity contribution in [2.75, 3.05) is 26.2 Å². The lowest BCUT2D eigenvalue weighted by atomic mass is 9.86. The molecule has 6 heteroatoms. The van der Waals surface area contributed by atoms with Crippen molar-refractivity contribution < 1.29 is 14.0 Å². The molecule has 27 heavy (non-hydrogen) atoms. The Morgan fingerprint density at radius 3 is 2.74 bits per heavy atom. The second-order valence-electron chi connectivity index (χ2n) is 8.76. The van der Waals surface area contributed by atoms with Crippen LogP contribution < -0.4 is 0 Å². The van der Waals surface area contributed by atoms with Crippen LogP contribution in [0.15, 0.2) is 35.5 Å². The van der Waals surface area contributed by atoms with Gasteiger partial charge in [0.05, 0.1) is 13.1 Å². The molecule has 1 atom stereocenters. The SMILES string of the molecule is O=C(C1=NOC2(CCCN(Cc3ccccc3)C2)C1)N1CC(F)(C2CC2)C1. The first-order chi connectivity index (χ1) is 13.1. The van der Waals surface area contributed by atoms with Crippen molar-refractivity contribution in [1.82, 2.24) is 9.80 Å². The van der Waals surface area contributed by atoms with Gasteiger partial charge < -0.3 is 9.74 Å². The third-order valence-electron chi connectivity index (χ3n) is 6.46. The minimum absolute atomic E-state index is 0.138. The zero-order chi connectivity index (χ0) is 18.5. The monoisotopic (exact) mass is 371 g/mol. The predicted octanol–water partition coefficient (Wildman–Crippen LogP) is 2.76. The quantitative estimate of drug-likeness (QED) is 0.818. The second kappa shape index (κ2) is 6.30. The van der Waals surface area contributed by atoms with Gasteiger partial charge in [-0.1, -0.05) is 35.5 Å². The molecule has 4 aliphatic rings. The maximum atomic E-state index is 14.5. The summed E-state index contributed by atoms with van der Waals surface area (Å²) >= 11 is 0. The standard InChI is InChI=1S/C21H26FN3O2/c22-21(17-7-8-17)14-25(15-21)19(26)18-11-20(27-23-18)9-4-10-24(13-20)12-16-5-2-1-3-6-16/h1-3,5-6,17H,4,7-15H2. The fourth-order valence-electron chi connectivity index (χ4n) is 4.80. The van der Waals surface area contributed by atoms with Crippen molar-refractivity contribution in [2.45, 2.75) is 49.9 Å². The molecule has 1 aromatic rings. The van der Waals surface area contributed by atoms with E-state index in [0.29, 0.717) is 12.1 Å². The predicted molar refractivity (Wildman–Crippen MR) is 100.0 cm³/mol. The van der Waals surface area contributed by atoms with Gasteiger partial charge in [-0.25, -0.2) is 4.39 Å². The van der Waals surface area contributed by atoms with Gasteiger partial charge in [-0.2, -0.15) is 0 Å². The summed E-state index contributed by atoms with van der Waals surface area (Å²) in [6.45, 7) is 3.14. The minimum Gasteiger partial charge on any atom is -0.387 e. The van der Waals surface area contributed by atoms with Crippen LogP contribution in [0.1, 0.15) is 37.7 Å². The molecular weight excluding hydrogens is 345 g/mol. The average molecular weight is 371 g/mol. The molecule has 1 aromatic carbocycles. The molecule has 3 aliphatic heterocycles. The highest BCUT2D eigenvalue weighted by atomic mass is 19.1. The fraction of sp³-hybridized carbons (Fsp3) is 0.619. The first-order valence-electron chi connectivity index (χ1n) is 10.0. The van der Waals surface area contributed by atoms with Crippen LogP contribution in [-0.4, -0.2) is 58.9 Å². The minimum atomic E-state index is -1.15. The van der Waals surface area contributed by atoms with E-state index in [4.69, 9.17) is 4.84 Å². The number of amides is 1. The van der Waals surface area contributed by atoms with Crippen LogP contribution in [0.2, 0.25) is 0 Å². The van der Waals surface area contributed by atoms with Crippen molar-refractivity contribution in [1.29, 1.82) is 0 Å². The van der Waals surface area contributed by atoms with Crippen LogP contribution >= 0.6 is 0 Å². The maximum absolute atomic E-state index is 14.5. The van der Waals surface area contributed by atoms with E-state index in [9.17, 15) is 9.18 Å². The first-order valence-corrected chi connectivity index (χ1v) is 10.0. The highest BCUT2D eigenvalue weighted by Gasteiger charge is 2.56. The topological polar surface area (TPSA) is 45.1 Å². The van der Waals surface area contributed by atoms with E-state index in [1.165, 1.54) is 5.56 Å². The maximum Gasteiger partial charge on any atom is 0.272 e. The van der Waals surface area contributed by atoms with Gasteiger partial charge >= 0.3 is 0 Å². The van der Waals surface area contributed by atoms with E-state index < -0.39 is 11.3 Å². The van der Waals surface area contributed by atoms with E-state index >= 15 is 0 Å². The lowest BCUT2D eigenvalue weighted by molar-refractivity contribution is -0.139. The number of piperidine rings is 1. The summed E-state index contributed by atoms with van der Waals surface area (Å²) in [5.41, 5.74) is 0.204. The van der Waals surface area contributed by atoms with Crippen molar-refractivity contribution >= 4 is 11.6 Å². The van der Waals surface area contributed by atoms with Crippen LogP contribution in [0.4, 0.5) is 4.39 Å². The van der Waals surface area contributed by atoms with Crippen LogP contribution in [0, 0.1) is 5.92 Å². The van der Waals surface area contributed by atoms with Crippen molar-refractivity contribution in [3.8, 4) is 0 Å². The third kappa shape index (κ3) is 3.24. The van der Waals surface area contributed by atoms with Gasteiger partial charge in [0.15, 0.2) is 5.60 Å². The Balaban J connectivity index is 1.18. The highest BCUT2D eigenvalue weighted by molar-refractivity contribution is 6.39. The summed E-state index contributed by atoms with van der Waals surface area (Å²) in [5.74, 6) is 0.0283. The van der Waals surface area contributed by atoms with Crippen molar-refractivity contribution in [3.05, 3.63) is 35.9 Å². The number of hydrogen-bond donors (Lipinski definition) is 0. The number of benzene rings is 1. The number of carbonyl (C=O) groups is 1. The smallest absolute Gasteiger partial charge is 0.272 e. The number of likely N-dealkylation sites (tertiary alicyclic amines) is 2. The Bertz CT molecular complexity index is 758. The summed E-state index contributed by atoms with van der Waals surface area (Å²) in [4.78, 5) is 22.5. The number of oxime groups is 1. The number of alkyl halides is 1. The van der Waals surface area contributed by atoms with Crippen LogP contribution in [0.5, 0.6) is 0 Å². The molecule has 144 valence electrons. The summed E-state index contributed by atoms with van der Waals surface area (Å²) in [6.07, 6.45) is 4.40. The second-order valence-corrected chi connectivity index (χ2v) is 8.76. The number of halogens is 1. The fourth-order valence-corrected chi connectivity index (χ4v) is 4.80. The molecule has 1 spiro atoms. The Labute approximate surface area is 159 Å². The zero-order valence-corrected chi connectivity index (χ0v) is 15.6. The molecule has 3 heterocycles. The number of nitrogens with zero attached hydrogens (tertiary/aromatic N) is 3. The van der Waals surface area contributed by atoms with E-state index in [0.717, 1.165) is 45.3 Å². The van der Waals surface area contributed by atoms with Gasteiger partial charge in [0.2, 0.25) is 0 Å². The molecule has 1 unspecified atom stereocenters. The molecule has 1 aliphatic carbocycles. The first kappa shape index (κ1) is 17.2. The van der Waals surface area contributed by atoms with Gasteiger partial charge in [0, 0.05) is 19.5 Å². The molecule has 0 radical (unpaired) electrons. The molecule has 1 amide bonds. The molecule has 0 aromatic heterocycles. The highest BCUT2D eigenvalue weighted by Crippen LogP contribution is 2.47. The third-order valence-corrected chi connectivity index (χ3v) is 6.46. The lowest BCUT2D eigenvalue weighted by Crippen LogP contribution is -2.63. The molecule has 0 bridgehead atoms. The Morgan fingerprint density at radius 1 is 1.22 bits per heavy atom. The van der Waals surface area contributed by atoms with Crippen molar-refractivity contribution in [3.63, 3.8) is 0 Å². The Morgan fingerprint density at radius 2 is 2.00 bits per heavy atom. The van der Waals surface area contributed by atoms with Gasteiger partial charge in [-0.15, -0.1) is 0 Å². The normalized spacial score (nSPS) is 30.0. The summed E-state index contributed by atoms with van der Waals surface area (Å²) < 4.78 is 14.5. The van der Waals surface area contributed by atoms with Gasteiger partial charge in [0.25, 0.3) is 5.91 Å². The number of hydrogen-bond acceptors (Lipinski definition) is 4. The number of rotatable bonds is 4. The molecule has 5 rings (SSSR count). The summed E-state index contributed by atoms with van der Waals surface area (Å²) in [6, 6.07) is 10.4. The summed E-state index contributed by atoms with van der Waals surface area (Å²) in [5, 5.41) is 4.14. The molecule has 2 saturated heterocycles. The summed E-state index contributed by atoms with van der Waals surface area (Å²) in [7, 11) is 0. The molecule has 0 N–H and O–H groups in total. The molecule has 3 fully saturated rings. The van der Waals surface area contributed by atoms with E-state index in [-0.39, 0.29) is 24.9 Å². The molecular formula is C21H26FN3O2. The van der Waals surface area contributed by atoms with Crippen LogP contribution in [0.25, 0.3) is 0 Å². The Hall–Kier alpha value is -1.95. The van der Waals surface area contributed by atoms with E-state index in [1.807, 2.05) is 6.07 Å². The van der Waals surface area contributed by atoms with Crippen molar-refractivity contribution in [2.24, 2.45) is 11.1 Å². The van der Waals surface area contributed by atoms with Gasteiger partial charge in [-0.05, 0) is 43.7 Å². The zero-order valence-electron chi connectivity index (χ0n) is 15.6. The number of carbonyl (C=O) groups excluding carboxylic acids is 1. The van der Waals surface area contributed by atoms with Crippen LogP contribution in [0.3, 0.4) is 0 Å². The largest absolute Gasteiger partial charge is 0.387 e. The molecule has 5 nitrogen and oxygen atoms in total. The molecule has 1 saturated carbocycles. The van der Waals surface area contributed by atoms with Crippen LogP contribution in [-0.2, 0) is 16.2 Å². The Kier molecular flexibility index (Phi) is 4.00. The van der Waals surface area contributed by atoms with Gasteiger partial charge in [0.1, 0.15) is 11.4 Å². The average Bonchev–Trinajstić information content (AvgIpc) is 3.43.